The van der Waals surface area contributed by atoms with Crippen LogP contribution in [0, 0.1) is 0 Å². The third kappa shape index (κ3) is 9.24. The SMILES string of the molecule is CC(C)(C)c1ccc(-c2ccc3cc4c5c6c7ccccc7n(-c7ccccc7)c6cc6c7cc8ccc(-c9ccc(C(C)(C)Cc%10cccc(-c%11ccc%12cc%13c%14c%15c%16ccccc%16n(-c%16ccccc%16)c%15cc%15c%16cc%17ccc(-c%18ccccc%18)cc%17cc%16n(c%13cc%12c%11)c%15%14)c%10)cc9)cc8cc7n(c4cc3c2)c65)cc1. The standard InChI is InChI=1S/C108H74N4/c1-107(2,3)81-44-40-66(41-45-81)70-34-38-75-55-91-97(59-79(75)51-70)111-96-58-78-50-71(33-37-74(78)54-88(96)90-62-99-101(103(91)105(90)111)85-28-15-17-30-93(85)109(99)83-24-11-7-12-25-83)67-42-46-82(47-43-67)108(4,5)63-64-20-19-23-68(48-64)72-35-39-76-56-92-98(60-80(76)52-72)112-95-57-77-49-69(65-21-9-6-10-22-65)32-36-73(77)53-87(95)89-61-100-102(104(92)106(89)112)86-29-16-18-31-94(86)110(100)84-26-13-8-14-27-84/h6-62H,63H2,1-5H3. The van der Waals surface area contributed by atoms with E-state index in [2.05, 4.69) is 398 Å². The zero-order valence-electron chi connectivity index (χ0n) is 62.9. The van der Waals surface area contributed by atoms with E-state index in [0.29, 0.717) is 0 Å². The average molecular weight is 1430 g/mol. The molecule has 6 aromatic heterocycles. The molecule has 24 aromatic rings. The fraction of sp³-hybridized carbons (Fsp3) is 0.0741. The van der Waals surface area contributed by atoms with Crippen molar-refractivity contribution in [3.05, 3.63) is 362 Å². The number of benzene rings is 18. The van der Waals surface area contributed by atoms with Gasteiger partial charge in [-0.25, -0.2) is 0 Å². The van der Waals surface area contributed by atoms with Crippen molar-refractivity contribution in [1.82, 2.24) is 17.9 Å². The zero-order valence-corrected chi connectivity index (χ0v) is 62.9. The van der Waals surface area contributed by atoms with Gasteiger partial charge < -0.3 is 17.9 Å². The van der Waals surface area contributed by atoms with E-state index in [9.17, 15) is 0 Å². The summed E-state index contributed by atoms with van der Waals surface area (Å²) in [4.78, 5) is 0. The van der Waals surface area contributed by atoms with Crippen molar-refractivity contribution >= 4 is 163 Å². The summed E-state index contributed by atoms with van der Waals surface area (Å²) in [6, 6.07) is 131. The highest BCUT2D eigenvalue weighted by molar-refractivity contribution is 6.39. The van der Waals surface area contributed by atoms with E-state index in [4.69, 9.17) is 0 Å². The number of nitrogens with zero attached hydrogens (tertiary/aromatic N) is 4. The molecule has 0 spiro atoms. The lowest BCUT2D eigenvalue weighted by atomic mass is 9.78. The Morgan fingerprint density at radius 3 is 1.00 bits per heavy atom. The van der Waals surface area contributed by atoms with Crippen LogP contribution in [0.15, 0.2) is 346 Å². The minimum atomic E-state index is -0.150. The summed E-state index contributed by atoms with van der Waals surface area (Å²) in [6.45, 7) is 11.7. The Morgan fingerprint density at radius 2 is 0.562 bits per heavy atom. The fourth-order valence-electron chi connectivity index (χ4n) is 19.9. The second-order valence-corrected chi connectivity index (χ2v) is 33.4. The van der Waals surface area contributed by atoms with Crippen LogP contribution in [0.4, 0.5) is 0 Å². The Kier molecular flexibility index (Phi) is 13.0. The summed E-state index contributed by atoms with van der Waals surface area (Å²) < 4.78 is 10.2. The molecule has 0 unspecified atom stereocenters. The number of para-hydroxylation sites is 4. The first-order valence-corrected chi connectivity index (χ1v) is 39.5. The molecule has 24 rings (SSSR count). The lowest BCUT2D eigenvalue weighted by Gasteiger charge is -2.26. The summed E-state index contributed by atoms with van der Waals surface area (Å²) in [5.41, 5.74) is 28.3. The number of rotatable bonds is 9. The maximum atomic E-state index is 2.60. The van der Waals surface area contributed by atoms with Gasteiger partial charge in [0.05, 0.1) is 55.2 Å². The second-order valence-electron chi connectivity index (χ2n) is 33.4. The summed E-state index contributed by atoms with van der Waals surface area (Å²) in [5.74, 6) is 0. The third-order valence-electron chi connectivity index (χ3n) is 25.3. The summed E-state index contributed by atoms with van der Waals surface area (Å²) in [5, 5.41) is 25.2. The highest BCUT2D eigenvalue weighted by atomic mass is 15.0. The van der Waals surface area contributed by atoms with E-state index in [0.717, 1.165) is 17.8 Å². The fourth-order valence-corrected chi connectivity index (χ4v) is 19.9. The first-order valence-electron chi connectivity index (χ1n) is 39.5. The molecule has 0 bridgehead atoms. The Bertz CT molecular complexity index is 8100. The molecule has 0 saturated heterocycles. The van der Waals surface area contributed by atoms with Crippen molar-refractivity contribution in [2.24, 2.45) is 0 Å². The highest BCUT2D eigenvalue weighted by Crippen LogP contribution is 2.52. The van der Waals surface area contributed by atoms with Crippen LogP contribution < -0.4 is 0 Å². The predicted molar refractivity (Wildman–Crippen MR) is 478 cm³/mol. The van der Waals surface area contributed by atoms with E-state index in [-0.39, 0.29) is 10.8 Å². The van der Waals surface area contributed by atoms with Gasteiger partial charge in [-0.2, -0.15) is 0 Å². The van der Waals surface area contributed by atoms with Gasteiger partial charge in [-0.05, 0) is 243 Å². The molecule has 0 amide bonds. The van der Waals surface area contributed by atoms with E-state index < -0.39 is 0 Å². The van der Waals surface area contributed by atoms with Gasteiger partial charge in [0, 0.05) is 76.0 Å². The van der Waals surface area contributed by atoms with Gasteiger partial charge in [-0.1, -0.05) is 259 Å². The second kappa shape index (κ2) is 23.1. The van der Waals surface area contributed by atoms with Crippen LogP contribution in [-0.2, 0) is 17.3 Å². The molecule has 0 radical (unpaired) electrons. The van der Waals surface area contributed by atoms with Crippen LogP contribution in [0.3, 0.4) is 0 Å². The molecule has 18 aromatic carbocycles. The molecular weight excluding hydrogens is 1350 g/mol. The first-order chi connectivity index (χ1) is 54.9. The Labute approximate surface area is 646 Å². The van der Waals surface area contributed by atoms with Gasteiger partial charge in [0.2, 0.25) is 0 Å². The Morgan fingerprint density at radius 1 is 0.214 bits per heavy atom. The van der Waals surface area contributed by atoms with Crippen LogP contribution in [-0.4, -0.2) is 17.9 Å². The van der Waals surface area contributed by atoms with Crippen molar-refractivity contribution in [2.75, 3.05) is 0 Å². The minimum Gasteiger partial charge on any atom is -0.309 e. The predicted octanol–water partition coefficient (Wildman–Crippen LogP) is 29.3. The average Bonchev–Trinajstić information content (AvgIpc) is 1.52. The Hall–Kier alpha value is -13.8. The summed E-state index contributed by atoms with van der Waals surface area (Å²) >= 11 is 0. The third-order valence-corrected chi connectivity index (χ3v) is 25.3. The van der Waals surface area contributed by atoms with Gasteiger partial charge in [0.15, 0.2) is 0 Å². The molecule has 0 aliphatic carbocycles. The van der Waals surface area contributed by atoms with Crippen molar-refractivity contribution in [3.63, 3.8) is 0 Å². The number of fused-ring (bicyclic) bond motifs is 24. The van der Waals surface area contributed by atoms with E-state index >= 15 is 0 Å². The van der Waals surface area contributed by atoms with E-state index in [1.165, 1.54) is 224 Å². The lowest BCUT2D eigenvalue weighted by molar-refractivity contribution is 0.522. The zero-order chi connectivity index (χ0) is 74.1. The normalized spacial score (nSPS) is 12.7. The Balaban J connectivity index is 0.588. The van der Waals surface area contributed by atoms with Crippen molar-refractivity contribution < 1.29 is 0 Å². The molecule has 0 aliphatic heterocycles. The molecule has 526 valence electrons. The molecule has 0 aliphatic rings. The lowest BCUT2D eigenvalue weighted by Crippen LogP contribution is -2.20. The smallest absolute Gasteiger partial charge is 0.0628 e. The minimum absolute atomic E-state index is 0.0866. The van der Waals surface area contributed by atoms with Crippen LogP contribution in [0.1, 0.15) is 51.3 Å². The number of hydrogen-bond donors (Lipinski definition) is 0. The maximum Gasteiger partial charge on any atom is 0.0628 e. The highest BCUT2D eigenvalue weighted by Gasteiger charge is 2.29. The molecule has 112 heavy (non-hydrogen) atoms. The summed E-state index contributed by atoms with van der Waals surface area (Å²) in [7, 11) is 0. The van der Waals surface area contributed by atoms with Crippen molar-refractivity contribution in [1.29, 1.82) is 0 Å². The van der Waals surface area contributed by atoms with E-state index in [1.807, 2.05) is 0 Å². The van der Waals surface area contributed by atoms with Crippen molar-refractivity contribution in [2.45, 2.75) is 51.9 Å². The van der Waals surface area contributed by atoms with Crippen LogP contribution in [0.25, 0.3) is 219 Å². The quantitative estimate of drug-likeness (QED) is 0.137. The van der Waals surface area contributed by atoms with E-state index in [1.54, 1.807) is 0 Å². The van der Waals surface area contributed by atoms with Gasteiger partial charge in [0.1, 0.15) is 0 Å². The largest absolute Gasteiger partial charge is 0.309 e. The molecule has 4 nitrogen and oxygen atoms in total. The maximum absolute atomic E-state index is 2.60. The molecule has 0 fully saturated rings. The monoisotopic (exact) mass is 1430 g/mol. The van der Waals surface area contributed by atoms with Crippen LogP contribution in [0.2, 0.25) is 0 Å². The van der Waals surface area contributed by atoms with Crippen LogP contribution in [0.5, 0.6) is 0 Å². The van der Waals surface area contributed by atoms with Gasteiger partial charge in [-0.15, -0.1) is 0 Å². The summed E-state index contributed by atoms with van der Waals surface area (Å²) in [6.07, 6.45) is 0.889. The van der Waals surface area contributed by atoms with Gasteiger partial charge >= 0.3 is 0 Å². The molecule has 0 atom stereocenters. The molecule has 0 N–H and O–H groups in total. The number of hydrogen-bond acceptors (Lipinski definition) is 0. The van der Waals surface area contributed by atoms with Crippen LogP contribution >= 0.6 is 0 Å². The van der Waals surface area contributed by atoms with Gasteiger partial charge in [-0.3, -0.25) is 0 Å². The molecule has 4 heteroatoms. The number of aromatic nitrogens is 4. The van der Waals surface area contributed by atoms with Crippen molar-refractivity contribution in [3.8, 4) is 55.9 Å². The first kappa shape index (κ1) is 63.2. The molecular formula is C108H74N4. The van der Waals surface area contributed by atoms with Gasteiger partial charge in [0.25, 0.3) is 0 Å². The topological polar surface area (TPSA) is 18.7 Å². The molecule has 6 heterocycles. The molecule has 0 saturated carbocycles.